The second-order valence-electron chi connectivity index (χ2n) is 6.19. The third kappa shape index (κ3) is 5.14. The number of carbonyl (C=O) groups excluding carboxylic acids is 1. The number of anilines is 1. The van der Waals surface area contributed by atoms with Gasteiger partial charge in [0.1, 0.15) is 0 Å². The molecule has 0 aromatic heterocycles. The number of nitrogens with zero attached hydrogens (tertiary/aromatic N) is 1. The second kappa shape index (κ2) is 7.57. The second-order valence-corrected chi connectivity index (χ2v) is 6.19. The van der Waals surface area contributed by atoms with Gasteiger partial charge in [-0.3, -0.25) is 4.79 Å². The minimum Gasteiger partial charge on any atom is -0.328 e. The minimum atomic E-state index is 0.0990. The fourth-order valence-electron chi connectivity index (χ4n) is 2.98. The molecule has 2 atom stereocenters. The number of benzene rings is 1. The SMILES string of the molecule is Cc1cccc(NC(=O)CCCN2CCC(N)CC2C)c1. The van der Waals surface area contributed by atoms with Crippen molar-refractivity contribution < 1.29 is 4.79 Å². The van der Waals surface area contributed by atoms with Crippen LogP contribution in [0.15, 0.2) is 24.3 Å². The third-order valence-corrected chi connectivity index (χ3v) is 4.21. The first-order valence-corrected chi connectivity index (χ1v) is 7.91. The van der Waals surface area contributed by atoms with Crippen LogP contribution in [0.1, 0.15) is 38.2 Å². The highest BCUT2D eigenvalue weighted by Gasteiger charge is 2.22. The first-order chi connectivity index (χ1) is 10.0. The van der Waals surface area contributed by atoms with Crippen LogP contribution in [0.25, 0.3) is 0 Å². The van der Waals surface area contributed by atoms with Gasteiger partial charge in [0.15, 0.2) is 0 Å². The number of amides is 1. The molecule has 0 radical (unpaired) electrons. The molecular formula is C17H27N3O. The lowest BCUT2D eigenvalue weighted by atomic mass is 9.99. The highest BCUT2D eigenvalue weighted by molar-refractivity contribution is 5.90. The third-order valence-electron chi connectivity index (χ3n) is 4.21. The lowest BCUT2D eigenvalue weighted by Crippen LogP contribution is -2.45. The van der Waals surface area contributed by atoms with E-state index in [1.165, 1.54) is 0 Å². The van der Waals surface area contributed by atoms with Crippen molar-refractivity contribution in [3.05, 3.63) is 29.8 Å². The van der Waals surface area contributed by atoms with Crippen LogP contribution in [0, 0.1) is 6.92 Å². The summed E-state index contributed by atoms with van der Waals surface area (Å²) in [5.41, 5.74) is 8.02. The van der Waals surface area contributed by atoms with E-state index in [0.29, 0.717) is 18.5 Å². The first-order valence-electron chi connectivity index (χ1n) is 7.91. The van der Waals surface area contributed by atoms with Crippen molar-refractivity contribution in [1.82, 2.24) is 4.90 Å². The Morgan fingerprint density at radius 1 is 1.48 bits per heavy atom. The molecule has 21 heavy (non-hydrogen) atoms. The van der Waals surface area contributed by atoms with Crippen LogP contribution in [-0.4, -0.2) is 36.0 Å². The predicted octanol–water partition coefficient (Wildman–Crippen LogP) is 2.53. The molecule has 1 saturated heterocycles. The monoisotopic (exact) mass is 289 g/mol. The van der Waals surface area contributed by atoms with Gasteiger partial charge in [0.05, 0.1) is 0 Å². The number of rotatable bonds is 5. The van der Waals surface area contributed by atoms with Crippen molar-refractivity contribution in [2.45, 2.75) is 51.6 Å². The molecule has 0 saturated carbocycles. The summed E-state index contributed by atoms with van der Waals surface area (Å²) in [6, 6.07) is 8.79. The van der Waals surface area contributed by atoms with Gasteiger partial charge in [-0.1, -0.05) is 12.1 Å². The van der Waals surface area contributed by atoms with Crippen LogP contribution in [0.4, 0.5) is 5.69 Å². The maximum absolute atomic E-state index is 11.9. The number of likely N-dealkylation sites (tertiary alicyclic amines) is 1. The van der Waals surface area contributed by atoms with E-state index in [0.717, 1.165) is 43.6 Å². The Balaban J connectivity index is 1.70. The lowest BCUT2D eigenvalue weighted by molar-refractivity contribution is -0.116. The molecule has 1 aromatic carbocycles. The number of carbonyl (C=O) groups is 1. The summed E-state index contributed by atoms with van der Waals surface area (Å²) in [5, 5.41) is 2.96. The van der Waals surface area contributed by atoms with Gasteiger partial charge < -0.3 is 16.0 Å². The molecule has 0 bridgehead atoms. The molecule has 1 aromatic rings. The van der Waals surface area contributed by atoms with Gasteiger partial charge in [-0.05, 0) is 63.9 Å². The fraction of sp³-hybridized carbons (Fsp3) is 0.588. The number of nitrogens with two attached hydrogens (primary N) is 1. The van der Waals surface area contributed by atoms with E-state index in [1.54, 1.807) is 0 Å². The molecule has 2 unspecified atom stereocenters. The van der Waals surface area contributed by atoms with E-state index in [-0.39, 0.29) is 5.91 Å². The van der Waals surface area contributed by atoms with E-state index in [4.69, 9.17) is 5.73 Å². The van der Waals surface area contributed by atoms with E-state index in [9.17, 15) is 4.79 Å². The standard InChI is InChI=1S/C17H27N3O/c1-13-5-3-6-16(11-13)19-17(21)7-4-9-20-10-8-15(18)12-14(20)2/h3,5-6,11,14-15H,4,7-10,12,18H2,1-2H3,(H,19,21). The molecule has 0 aliphatic carbocycles. The zero-order valence-electron chi connectivity index (χ0n) is 13.1. The number of hydrogen-bond donors (Lipinski definition) is 2. The topological polar surface area (TPSA) is 58.4 Å². The average molecular weight is 289 g/mol. The number of hydrogen-bond acceptors (Lipinski definition) is 3. The zero-order valence-corrected chi connectivity index (χ0v) is 13.1. The molecule has 0 spiro atoms. The predicted molar refractivity (Wildman–Crippen MR) is 87.3 cm³/mol. The Morgan fingerprint density at radius 2 is 2.29 bits per heavy atom. The van der Waals surface area contributed by atoms with Gasteiger partial charge in [-0.15, -0.1) is 0 Å². The van der Waals surface area contributed by atoms with Crippen LogP contribution in [0.2, 0.25) is 0 Å². The average Bonchev–Trinajstić information content (AvgIpc) is 2.41. The summed E-state index contributed by atoms with van der Waals surface area (Å²) in [6.45, 7) is 6.29. The summed E-state index contributed by atoms with van der Waals surface area (Å²) in [7, 11) is 0. The van der Waals surface area contributed by atoms with Gasteiger partial charge in [0.2, 0.25) is 5.91 Å². The lowest BCUT2D eigenvalue weighted by Gasteiger charge is -2.36. The first kappa shape index (κ1) is 16.0. The van der Waals surface area contributed by atoms with Crippen LogP contribution in [0.5, 0.6) is 0 Å². The number of piperidine rings is 1. The van der Waals surface area contributed by atoms with Crippen molar-refractivity contribution in [3.63, 3.8) is 0 Å². The molecule has 1 heterocycles. The maximum atomic E-state index is 11.9. The summed E-state index contributed by atoms with van der Waals surface area (Å²) >= 11 is 0. The Hall–Kier alpha value is -1.39. The number of aryl methyl sites for hydroxylation is 1. The molecule has 1 aliphatic heterocycles. The van der Waals surface area contributed by atoms with Gasteiger partial charge in [-0.2, -0.15) is 0 Å². The highest BCUT2D eigenvalue weighted by atomic mass is 16.1. The summed E-state index contributed by atoms with van der Waals surface area (Å²) in [4.78, 5) is 14.4. The maximum Gasteiger partial charge on any atom is 0.224 e. The van der Waals surface area contributed by atoms with E-state index in [2.05, 4.69) is 17.1 Å². The fourth-order valence-corrected chi connectivity index (χ4v) is 2.98. The van der Waals surface area contributed by atoms with E-state index in [1.807, 2.05) is 31.2 Å². The van der Waals surface area contributed by atoms with Crippen LogP contribution in [-0.2, 0) is 4.79 Å². The zero-order chi connectivity index (χ0) is 15.2. The Labute approximate surface area is 127 Å². The van der Waals surface area contributed by atoms with E-state index >= 15 is 0 Å². The van der Waals surface area contributed by atoms with Crippen LogP contribution in [0.3, 0.4) is 0 Å². The van der Waals surface area contributed by atoms with Gasteiger partial charge in [0.25, 0.3) is 0 Å². The quantitative estimate of drug-likeness (QED) is 0.875. The smallest absolute Gasteiger partial charge is 0.224 e. The molecule has 3 N–H and O–H groups in total. The Bertz CT molecular complexity index is 475. The van der Waals surface area contributed by atoms with Crippen molar-refractivity contribution in [1.29, 1.82) is 0 Å². The molecule has 1 fully saturated rings. The molecule has 1 amide bonds. The van der Waals surface area contributed by atoms with Gasteiger partial charge >= 0.3 is 0 Å². The van der Waals surface area contributed by atoms with Crippen molar-refractivity contribution >= 4 is 11.6 Å². The van der Waals surface area contributed by atoms with Crippen LogP contribution >= 0.6 is 0 Å². The van der Waals surface area contributed by atoms with Crippen LogP contribution < -0.4 is 11.1 Å². The normalized spacial score (nSPS) is 23.0. The summed E-state index contributed by atoms with van der Waals surface area (Å²) in [5.74, 6) is 0.0990. The van der Waals surface area contributed by atoms with Gasteiger partial charge in [0, 0.05) is 24.2 Å². The summed E-state index contributed by atoms with van der Waals surface area (Å²) < 4.78 is 0. The molecule has 4 heteroatoms. The Morgan fingerprint density at radius 3 is 3.00 bits per heavy atom. The van der Waals surface area contributed by atoms with E-state index < -0.39 is 0 Å². The largest absolute Gasteiger partial charge is 0.328 e. The molecular weight excluding hydrogens is 262 g/mol. The molecule has 4 nitrogen and oxygen atoms in total. The number of nitrogens with one attached hydrogen (secondary N) is 1. The highest BCUT2D eigenvalue weighted by Crippen LogP contribution is 2.16. The van der Waals surface area contributed by atoms with Crippen molar-refractivity contribution in [2.75, 3.05) is 18.4 Å². The minimum absolute atomic E-state index is 0.0990. The summed E-state index contributed by atoms with van der Waals surface area (Å²) in [6.07, 6.45) is 3.61. The van der Waals surface area contributed by atoms with Crippen molar-refractivity contribution in [3.8, 4) is 0 Å². The molecule has 2 rings (SSSR count). The molecule has 1 aliphatic rings. The van der Waals surface area contributed by atoms with Gasteiger partial charge in [-0.25, -0.2) is 0 Å². The Kier molecular flexibility index (Phi) is 5.76. The van der Waals surface area contributed by atoms with Crippen molar-refractivity contribution in [2.24, 2.45) is 5.73 Å². The molecule has 116 valence electrons.